The van der Waals surface area contributed by atoms with Crippen molar-refractivity contribution in [1.82, 2.24) is 0 Å². The minimum atomic E-state index is -3.73. The van der Waals surface area contributed by atoms with E-state index in [1.165, 1.54) is 30.3 Å². The van der Waals surface area contributed by atoms with E-state index in [9.17, 15) is 17.6 Å². The van der Waals surface area contributed by atoms with Crippen LogP contribution in [-0.4, -0.2) is 6.29 Å². The number of alkyl halides is 2. The predicted molar refractivity (Wildman–Crippen MR) is 101 cm³/mol. The van der Waals surface area contributed by atoms with Crippen molar-refractivity contribution in [1.29, 1.82) is 0 Å². The zero-order chi connectivity index (χ0) is 20.8. The molecule has 1 unspecified atom stereocenters. The van der Waals surface area contributed by atoms with Crippen LogP contribution in [0.5, 0.6) is 11.5 Å². The zero-order valence-electron chi connectivity index (χ0n) is 15.0. The summed E-state index contributed by atoms with van der Waals surface area (Å²) in [5, 5.41) is 3.24. The molecule has 150 valence electrons. The molecular weight excluding hydrogens is 410 g/mol. The Morgan fingerprint density at radius 1 is 0.931 bits per heavy atom. The SMILES string of the molecule is CC(Nc1ccc(-c2cc3c(cc2Cl)OC(F)(F)O3)cc1)c1c(F)cccc1F. The molecule has 0 bridgehead atoms. The van der Waals surface area contributed by atoms with Gasteiger partial charge in [-0.3, -0.25) is 0 Å². The lowest BCUT2D eigenvalue weighted by atomic mass is 10.0. The number of ether oxygens (including phenoxy) is 2. The molecule has 1 heterocycles. The molecule has 3 nitrogen and oxygen atoms in total. The fourth-order valence-corrected chi connectivity index (χ4v) is 3.45. The summed E-state index contributed by atoms with van der Waals surface area (Å²) >= 11 is 6.20. The molecule has 0 saturated heterocycles. The first-order valence-corrected chi connectivity index (χ1v) is 9.01. The minimum Gasteiger partial charge on any atom is -0.395 e. The van der Waals surface area contributed by atoms with E-state index < -0.39 is 24.0 Å². The molecular formula is C21H14ClF4NO2. The second-order valence-corrected chi connectivity index (χ2v) is 6.93. The quantitative estimate of drug-likeness (QED) is 0.469. The average Bonchev–Trinajstić information content (AvgIpc) is 2.94. The monoisotopic (exact) mass is 423 g/mol. The molecule has 1 aliphatic heterocycles. The maximum atomic E-state index is 13.9. The summed E-state index contributed by atoms with van der Waals surface area (Å²) in [4.78, 5) is 0. The van der Waals surface area contributed by atoms with Crippen LogP contribution < -0.4 is 14.8 Å². The van der Waals surface area contributed by atoms with Crippen molar-refractivity contribution < 1.29 is 27.0 Å². The number of benzene rings is 3. The summed E-state index contributed by atoms with van der Waals surface area (Å²) in [6, 6.07) is 12.5. The Bertz CT molecular complexity index is 1050. The molecule has 3 aromatic rings. The normalized spacial score (nSPS) is 15.2. The smallest absolute Gasteiger partial charge is 0.395 e. The fraction of sp³-hybridized carbons (Fsp3) is 0.143. The van der Waals surface area contributed by atoms with E-state index in [1.54, 1.807) is 31.2 Å². The van der Waals surface area contributed by atoms with Gasteiger partial charge >= 0.3 is 6.29 Å². The summed E-state index contributed by atoms with van der Waals surface area (Å²) in [6.45, 7) is 1.64. The first kappa shape index (κ1) is 19.4. The molecule has 0 saturated carbocycles. The van der Waals surface area contributed by atoms with Gasteiger partial charge in [-0.25, -0.2) is 8.78 Å². The Morgan fingerprint density at radius 3 is 2.14 bits per heavy atom. The second kappa shape index (κ2) is 7.15. The van der Waals surface area contributed by atoms with Crippen molar-refractivity contribution in [3.8, 4) is 22.6 Å². The molecule has 1 N–H and O–H groups in total. The molecule has 29 heavy (non-hydrogen) atoms. The third-order valence-corrected chi connectivity index (χ3v) is 4.82. The number of rotatable bonds is 4. The third kappa shape index (κ3) is 3.82. The maximum Gasteiger partial charge on any atom is 0.586 e. The Hall–Kier alpha value is -2.93. The van der Waals surface area contributed by atoms with Crippen molar-refractivity contribution >= 4 is 17.3 Å². The standard InChI is InChI=1S/C21H14ClF4NO2/c1-11(20-16(23)3-2-4-17(20)24)27-13-7-5-12(6-8-13)14-9-18-19(10-15(14)22)29-21(25,26)28-18/h2-11,27H,1H3. The number of fused-ring (bicyclic) bond motifs is 1. The lowest BCUT2D eigenvalue weighted by Gasteiger charge is -2.17. The predicted octanol–water partition coefficient (Wildman–Crippen LogP) is 6.78. The van der Waals surface area contributed by atoms with E-state index in [0.717, 1.165) is 0 Å². The van der Waals surface area contributed by atoms with Gasteiger partial charge in [-0.1, -0.05) is 29.8 Å². The van der Waals surface area contributed by atoms with Crippen LogP contribution in [-0.2, 0) is 0 Å². The molecule has 0 spiro atoms. The average molecular weight is 424 g/mol. The molecule has 8 heteroatoms. The highest BCUT2D eigenvalue weighted by atomic mass is 35.5. The largest absolute Gasteiger partial charge is 0.586 e. The topological polar surface area (TPSA) is 30.5 Å². The molecule has 0 aromatic heterocycles. The van der Waals surface area contributed by atoms with Crippen LogP contribution in [0.25, 0.3) is 11.1 Å². The number of hydrogen-bond donors (Lipinski definition) is 1. The third-order valence-electron chi connectivity index (χ3n) is 4.50. The van der Waals surface area contributed by atoms with Crippen LogP contribution in [0.15, 0.2) is 54.6 Å². The number of hydrogen-bond acceptors (Lipinski definition) is 3. The summed E-state index contributed by atoms with van der Waals surface area (Å²) in [5.74, 6) is -1.51. The Kier molecular flexibility index (Phi) is 4.78. The van der Waals surface area contributed by atoms with Gasteiger partial charge in [-0.2, -0.15) is 0 Å². The molecule has 1 atom stereocenters. The molecule has 3 aromatic carbocycles. The highest BCUT2D eigenvalue weighted by Crippen LogP contribution is 2.46. The molecule has 4 rings (SSSR count). The zero-order valence-corrected chi connectivity index (χ0v) is 15.7. The van der Waals surface area contributed by atoms with Gasteiger partial charge in [0.25, 0.3) is 0 Å². The van der Waals surface area contributed by atoms with E-state index in [4.69, 9.17) is 11.6 Å². The van der Waals surface area contributed by atoms with Gasteiger partial charge in [0, 0.05) is 22.9 Å². The number of nitrogens with one attached hydrogen (secondary N) is 1. The van der Waals surface area contributed by atoms with E-state index in [1.807, 2.05) is 0 Å². The fourth-order valence-electron chi connectivity index (χ4n) is 3.19. The van der Waals surface area contributed by atoms with Crippen LogP contribution in [0.2, 0.25) is 5.02 Å². The Labute approximate surface area is 168 Å². The van der Waals surface area contributed by atoms with Crippen LogP contribution >= 0.6 is 11.6 Å². The highest BCUT2D eigenvalue weighted by molar-refractivity contribution is 6.33. The van der Waals surface area contributed by atoms with Gasteiger partial charge in [-0.05, 0) is 42.8 Å². The molecule has 0 amide bonds. The van der Waals surface area contributed by atoms with E-state index in [2.05, 4.69) is 14.8 Å². The van der Waals surface area contributed by atoms with Crippen LogP contribution in [0.3, 0.4) is 0 Å². The summed E-state index contributed by atoms with van der Waals surface area (Å²) in [7, 11) is 0. The van der Waals surface area contributed by atoms with Gasteiger partial charge in [-0.15, -0.1) is 8.78 Å². The van der Waals surface area contributed by atoms with E-state index >= 15 is 0 Å². The number of anilines is 1. The van der Waals surface area contributed by atoms with Crippen LogP contribution in [0, 0.1) is 11.6 Å². The van der Waals surface area contributed by atoms with Crippen molar-refractivity contribution in [3.63, 3.8) is 0 Å². The number of halogens is 5. The van der Waals surface area contributed by atoms with Crippen molar-refractivity contribution in [2.24, 2.45) is 0 Å². The lowest BCUT2D eigenvalue weighted by Crippen LogP contribution is -2.25. The molecule has 0 radical (unpaired) electrons. The van der Waals surface area contributed by atoms with E-state index in [0.29, 0.717) is 16.8 Å². The van der Waals surface area contributed by atoms with Crippen LogP contribution in [0.4, 0.5) is 23.2 Å². The van der Waals surface area contributed by atoms with Crippen molar-refractivity contribution in [2.45, 2.75) is 19.3 Å². The minimum absolute atomic E-state index is 0.0590. The summed E-state index contributed by atoms with van der Waals surface area (Å²) in [5.41, 5.74) is 1.68. The van der Waals surface area contributed by atoms with Gasteiger partial charge in [0.2, 0.25) is 0 Å². The highest BCUT2D eigenvalue weighted by Gasteiger charge is 2.43. The van der Waals surface area contributed by atoms with Gasteiger partial charge in [0.1, 0.15) is 11.6 Å². The van der Waals surface area contributed by atoms with Crippen LogP contribution in [0.1, 0.15) is 18.5 Å². The Morgan fingerprint density at radius 2 is 1.52 bits per heavy atom. The van der Waals surface area contributed by atoms with E-state index in [-0.39, 0.29) is 22.1 Å². The molecule has 0 aliphatic carbocycles. The Balaban J connectivity index is 1.56. The first-order chi connectivity index (χ1) is 13.7. The summed E-state index contributed by atoms with van der Waals surface area (Å²) in [6.07, 6.45) is -3.73. The molecule has 0 fully saturated rings. The maximum absolute atomic E-state index is 13.9. The van der Waals surface area contributed by atoms with Crippen molar-refractivity contribution in [2.75, 3.05) is 5.32 Å². The first-order valence-electron chi connectivity index (χ1n) is 8.64. The van der Waals surface area contributed by atoms with Crippen molar-refractivity contribution in [3.05, 3.63) is 76.8 Å². The lowest BCUT2D eigenvalue weighted by molar-refractivity contribution is -0.286. The van der Waals surface area contributed by atoms with Gasteiger partial charge in [0.15, 0.2) is 11.5 Å². The van der Waals surface area contributed by atoms with Gasteiger partial charge < -0.3 is 14.8 Å². The summed E-state index contributed by atoms with van der Waals surface area (Å²) < 4.78 is 63.1. The molecule has 1 aliphatic rings. The van der Waals surface area contributed by atoms with Gasteiger partial charge in [0.05, 0.1) is 11.1 Å². The second-order valence-electron chi connectivity index (χ2n) is 6.52.